The van der Waals surface area contributed by atoms with E-state index in [2.05, 4.69) is 31.1 Å². The molecule has 1 saturated carbocycles. The first kappa shape index (κ1) is 23.4. The molecule has 1 aliphatic rings. The molecule has 7 heteroatoms. The van der Waals surface area contributed by atoms with Crippen molar-refractivity contribution >= 4 is 39.1 Å². The SMILES string of the molecule is CC(C)(C)C1CCCC1C(=O)C[C@@H](CCCNC(=N)N)C(=O)c1nc2ccccc2s1. The number of guanidine groups is 1. The molecule has 0 amide bonds. The first-order valence-electron chi connectivity index (χ1n) is 11.2. The third kappa shape index (κ3) is 5.91. The van der Waals surface area contributed by atoms with Crippen molar-refractivity contribution in [3.05, 3.63) is 29.3 Å². The number of carbonyl (C=O) groups excluding carboxylic acids is 2. The van der Waals surface area contributed by atoms with Crippen LogP contribution in [-0.2, 0) is 4.79 Å². The number of nitrogens with one attached hydrogen (secondary N) is 2. The van der Waals surface area contributed by atoms with Crippen molar-refractivity contribution in [2.75, 3.05) is 6.54 Å². The Kier molecular flexibility index (Phi) is 7.46. The zero-order chi connectivity index (χ0) is 22.6. The molecule has 1 aromatic heterocycles. The summed E-state index contributed by atoms with van der Waals surface area (Å²) in [5.41, 5.74) is 6.28. The van der Waals surface area contributed by atoms with Gasteiger partial charge in [0.15, 0.2) is 16.8 Å². The van der Waals surface area contributed by atoms with Gasteiger partial charge in [-0.15, -0.1) is 11.3 Å². The second kappa shape index (κ2) is 9.90. The number of rotatable bonds is 9. The van der Waals surface area contributed by atoms with Crippen molar-refractivity contribution < 1.29 is 9.59 Å². The summed E-state index contributed by atoms with van der Waals surface area (Å²) in [6.07, 6.45) is 4.60. The smallest absolute Gasteiger partial charge is 0.194 e. The fourth-order valence-corrected chi connectivity index (χ4v) is 5.81. The van der Waals surface area contributed by atoms with Gasteiger partial charge in [0.25, 0.3) is 0 Å². The molecular weight excluding hydrogens is 408 g/mol. The highest BCUT2D eigenvalue weighted by atomic mass is 32.1. The quantitative estimate of drug-likeness (QED) is 0.224. The average Bonchev–Trinajstić information content (AvgIpc) is 3.36. The first-order chi connectivity index (χ1) is 14.7. The van der Waals surface area contributed by atoms with E-state index in [9.17, 15) is 9.59 Å². The number of fused-ring (bicyclic) bond motifs is 1. The number of para-hydroxylation sites is 1. The normalized spacial score (nSPS) is 20.0. The average molecular weight is 443 g/mol. The number of nitrogens with two attached hydrogens (primary N) is 1. The number of hydrogen-bond donors (Lipinski definition) is 3. The number of hydrogen-bond acceptors (Lipinski definition) is 5. The molecule has 0 spiro atoms. The Hall–Kier alpha value is -2.28. The van der Waals surface area contributed by atoms with Gasteiger partial charge in [-0.1, -0.05) is 39.3 Å². The lowest BCUT2D eigenvalue weighted by molar-refractivity contribution is -0.125. The number of thiazole rings is 1. The minimum absolute atomic E-state index is 0.0392. The molecule has 2 aromatic rings. The standard InChI is InChI=1S/C24H34N4O2S/c1-24(2,3)17-10-6-9-16(17)19(29)14-15(8-7-13-27-23(25)26)21(30)22-28-18-11-4-5-12-20(18)31-22/h4-5,11-12,15-17H,6-10,13-14H2,1-3H3,(H4,25,26,27)/t15-,16?,17?/m1/s1. The lowest BCUT2D eigenvalue weighted by Crippen LogP contribution is -2.33. The van der Waals surface area contributed by atoms with E-state index in [-0.39, 0.29) is 41.2 Å². The second-order valence-electron chi connectivity index (χ2n) is 9.71. The van der Waals surface area contributed by atoms with Crippen LogP contribution in [0.1, 0.15) is 69.1 Å². The van der Waals surface area contributed by atoms with E-state index in [1.54, 1.807) is 0 Å². The summed E-state index contributed by atoms with van der Waals surface area (Å²) >= 11 is 1.40. The van der Waals surface area contributed by atoms with Gasteiger partial charge in [0.2, 0.25) is 0 Å². The summed E-state index contributed by atoms with van der Waals surface area (Å²) in [5.74, 6) is 0.129. The van der Waals surface area contributed by atoms with Crippen LogP contribution in [0.25, 0.3) is 10.2 Å². The van der Waals surface area contributed by atoms with Crippen molar-refractivity contribution in [2.24, 2.45) is 28.9 Å². The topological polar surface area (TPSA) is 109 Å². The monoisotopic (exact) mass is 442 g/mol. The highest BCUT2D eigenvalue weighted by molar-refractivity contribution is 7.20. The van der Waals surface area contributed by atoms with E-state index >= 15 is 0 Å². The highest BCUT2D eigenvalue weighted by Gasteiger charge is 2.40. The van der Waals surface area contributed by atoms with E-state index in [1.807, 2.05) is 24.3 Å². The van der Waals surface area contributed by atoms with E-state index in [4.69, 9.17) is 11.1 Å². The Bertz CT molecular complexity index is 913. The van der Waals surface area contributed by atoms with Crippen LogP contribution in [-0.4, -0.2) is 29.1 Å². The summed E-state index contributed by atoms with van der Waals surface area (Å²) in [4.78, 5) is 31.2. The van der Waals surface area contributed by atoms with Gasteiger partial charge in [0, 0.05) is 24.8 Å². The molecule has 0 bridgehead atoms. The molecule has 6 nitrogen and oxygen atoms in total. The molecule has 1 aromatic carbocycles. The number of Topliss-reactive ketones (excluding diaryl/α,β-unsaturated/α-hetero) is 2. The van der Waals surface area contributed by atoms with E-state index in [0.717, 1.165) is 29.5 Å². The zero-order valence-electron chi connectivity index (χ0n) is 18.7. The zero-order valence-corrected chi connectivity index (χ0v) is 19.6. The van der Waals surface area contributed by atoms with Crippen molar-refractivity contribution in [1.29, 1.82) is 5.41 Å². The molecule has 0 saturated heterocycles. The summed E-state index contributed by atoms with van der Waals surface area (Å²) in [6.45, 7) is 7.14. The van der Waals surface area contributed by atoms with Crippen LogP contribution in [0.2, 0.25) is 0 Å². The predicted octanol–water partition coefficient (Wildman–Crippen LogP) is 4.78. The Labute approximate surface area is 188 Å². The van der Waals surface area contributed by atoms with Crippen molar-refractivity contribution in [2.45, 2.75) is 59.3 Å². The highest BCUT2D eigenvalue weighted by Crippen LogP contribution is 2.44. The Balaban J connectivity index is 1.76. The first-order valence-corrected chi connectivity index (χ1v) is 12.0. The van der Waals surface area contributed by atoms with Crippen molar-refractivity contribution in [3.8, 4) is 0 Å². The van der Waals surface area contributed by atoms with Gasteiger partial charge < -0.3 is 11.1 Å². The number of ketones is 2. The maximum atomic E-state index is 13.4. The third-order valence-electron chi connectivity index (χ3n) is 6.41. The largest absolute Gasteiger partial charge is 0.370 e. The van der Waals surface area contributed by atoms with E-state index in [1.165, 1.54) is 11.3 Å². The van der Waals surface area contributed by atoms with Crippen LogP contribution in [0.15, 0.2) is 24.3 Å². The van der Waals surface area contributed by atoms with Gasteiger partial charge in [-0.25, -0.2) is 4.98 Å². The molecule has 2 unspecified atom stereocenters. The molecule has 1 heterocycles. The molecule has 31 heavy (non-hydrogen) atoms. The minimum Gasteiger partial charge on any atom is -0.370 e. The molecule has 3 rings (SSSR count). The summed E-state index contributed by atoms with van der Waals surface area (Å²) in [7, 11) is 0. The van der Waals surface area contributed by atoms with Gasteiger partial charge >= 0.3 is 0 Å². The van der Waals surface area contributed by atoms with Gasteiger partial charge in [0.05, 0.1) is 10.2 Å². The molecule has 3 atom stereocenters. The molecule has 168 valence electrons. The van der Waals surface area contributed by atoms with Gasteiger partial charge in [-0.3, -0.25) is 15.0 Å². The Morgan fingerprint density at radius 3 is 2.71 bits per heavy atom. The van der Waals surface area contributed by atoms with Gasteiger partial charge in [0.1, 0.15) is 5.78 Å². The predicted molar refractivity (Wildman–Crippen MR) is 127 cm³/mol. The molecule has 0 radical (unpaired) electrons. The summed E-state index contributed by atoms with van der Waals surface area (Å²) < 4.78 is 0.984. The minimum atomic E-state index is -0.386. The van der Waals surface area contributed by atoms with E-state index < -0.39 is 0 Å². The van der Waals surface area contributed by atoms with Crippen LogP contribution >= 0.6 is 11.3 Å². The molecule has 1 fully saturated rings. The molecule has 4 N–H and O–H groups in total. The molecule has 0 aliphatic heterocycles. The van der Waals surface area contributed by atoms with E-state index in [0.29, 0.717) is 30.3 Å². The second-order valence-corrected chi connectivity index (χ2v) is 10.7. The van der Waals surface area contributed by atoms with Crippen LogP contribution < -0.4 is 11.1 Å². The maximum Gasteiger partial charge on any atom is 0.194 e. The summed E-state index contributed by atoms with van der Waals surface area (Å²) in [6, 6.07) is 7.73. The van der Waals surface area contributed by atoms with Gasteiger partial charge in [-0.05, 0) is 49.1 Å². The fourth-order valence-electron chi connectivity index (χ4n) is 4.83. The number of benzene rings is 1. The lowest BCUT2D eigenvalue weighted by Gasteiger charge is -2.32. The molecule has 1 aliphatic carbocycles. The van der Waals surface area contributed by atoms with Gasteiger partial charge in [-0.2, -0.15) is 0 Å². The number of nitrogens with zero attached hydrogens (tertiary/aromatic N) is 1. The van der Waals surface area contributed by atoms with Crippen LogP contribution in [0.4, 0.5) is 0 Å². The Morgan fingerprint density at radius 2 is 2.03 bits per heavy atom. The number of aromatic nitrogens is 1. The third-order valence-corrected chi connectivity index (χ3v) is 7.46. The fraction of sp³-hybridized carbons (Fsp3) is 0.583. The van der Waals surface area contributed by atoms with Crippen molar-refractivity contribution in [3.63, 3.8) is 0 Å². The Morgan fingerprint density at radius 1 is 1.29 bits per heavy atom. The van der Waals surface area contributed by atoms with Crippen molar-refractivity contribution in [1.82, 2.24) is 10.3 Å². The van der Waals surface area contributed by atoms with Crippen LogP contribution in [0.3, 0.4) is 0 Å². The lowest BCUT2D eigenvalue weighted by atomic mass is 9.72. The molecular formula is C24H34N4O2S. The maximum absolute atomic E-state index is 13.4. The number of carbonyl (C=O) groups is 2. The summed E-state index contributed by atoms with van der Waals surface area (Å²) in [5, 5.41) is 10.6. The van der Waals surface area contributed by atoms with Crippen LogP contribution in [0.5, 0.6) is 0 Å². The van der Waals surface area contributed by atoms with Crippen LogP contribution in [0, 0.1) is 28.6 Å².